The van der Waals surface area contributed by atoms with Crippen molar-refractivity contribution in [3.63, 3.8) is 0 Å². The van der Waals surface area contributed by atoms with Gasteiger partial charge < -0.3 is 10.4 Å². The second-order valence-electron chi connectivity index (χ2n) is 4.65. The Hall–Kier alpha value is -2.01. The Morgan fingerprint density at radius 2 is 1.86 bits per heavy atom. The van der Waals surface area contributed by atoms with Gasteiger partial charge in [-0.15, -0.1) is 0 Å². The molecule has 0 saturated carbocycles. The SMILES string of the molecule is CN(C(=O)NCCc1ccccc1Br)c1ccc(O)cc1. The number of urea groups is 1. The van der Waals surface area contributed by atoms with Gasteiger partial charge in [0.15, 0.2) is 0 Å². The molecule has 21 heavy (non-hydrogen) atoms. The summed E-state index contributed by atoms with van der Waals surface area (Å²) in [5.41, 5.74) is 1.89. The molecule has 0 heterocycles. The summed E-state index contributed by atoms with van der Waals surface area (Å²) in [6.45, 7) is 0.559. The minimum atomic E-state index is -0.173. The van der Waals surface area contributed by atoms with Crippen LogP contribution in [-0.4, -0.2) is 24.7 Å². The predicted molar refractivity (Wildman–Crippen MR) is 87.8 cm³/mol. The maximum absolute atomic E-state index is 12.0. The second-order valence-corrected chi connectivity index (χ2v) is 5.50. The van der Waals surface area contributed by atoms with E-state index in [4.69, 9.17) is 0 Å². The molecule has 0 radical (unpaired) electrons. The Balaban J connectivity index is 1.87. The van der Waals surface area contributed by atoms with Crippen molar-refractivity contribution in [2.75, 3.05) is 18.5 Å². The first-order valence-electron chi connectivity index (χ1n) is 6.62. The molecule has 0 aromatic heterocycles. The number of benzene rings is 2. The van der Waals surface area contributed by atoms with E-state index in [0.717, 1.165) is 22.1 Å². The summed E-state index contributed by atoms with van der Waals surface area (Å²) in [4.78, 5) is 13.6. The topological polar surface area (TPSA) is 52.6 Å². The van der Waals surface area contributed by atoms with Gasteiger partial charge in [0, 0.05) is 23.8 Å². The van der Waals surface area contributed by atoms with Crippen molar-refractivity contribution in [2.45, 2.75) is 6.42 Å². The van der Waals surface area contributed by atoms with Gasteiger partial charge in [-0.05, 0) is 42.3 Å². The van der Waals surface area contributed by atoms with Crippen LogP contribution >= 0.6 is 15.9 Å². The van der Waals surface area contributed by atoms with E-state index in [1.54, 1.807) is 31.3 Å². The molecule has 110 valence electrons. The molecule has 0 fully saturated rings. The average Bonchev–Trinajstić information content (AvgIpc) is 2.49. The molecule has 2 N–H and O–H groups in total. The summed E-state index contributed by atoms with van der Waals surface area (Å²) in [5, 5.41) is 12.1. The fourth-order valence-electron chi connectivity index (χ4n) is 1.92. The first-order valence-corrected chi connectivity index (χ1v) is 7.41. The Labute approximate surface area is 132 Å². The fourth-order valence-corrected chi connectivity index (χ4v) is 2.40. The van der Waals surface area contributed by atoms with Gasteiger partial charge in [0.2, 0.25) is 0 Å². The zero-order chi connectivity index (χ0) is 15.2. The molecule has 2 aromatic carbocycles. The smallest absolute Gasteiger partial charge is 0.321 e. The molecule has 2 rings (SSSR count). The highest BCUT2D eigenvalue weighted by Crippen LogP contribution is 2.18. The van der Waals surface area contributed by atoms with E-state index in [2.05, 4.69) is 21.2 Å². The number of carbonyl (C=O) groups excluding carboxylic acids is 1. The Bertz CT molecular complexity index is 614. The Morgan fingerprint density at radius 3 is 2.52 bits per heavy atom. The third-order valence-electron chi connectivity index (χ3n) is 3.17. The van der Waals surface area contributed by atoms with Crippen LogP contribution in [0.25, 0.3) is 0 Å². The molecule has 2 aromatic rings. The highest BCUT2D eigenvalue weighted by Gasteiger charge is 2.10. The molecular weight excluding hydrogens is 332 g/mol. The van der Waals surface area contributed by atoms with E-state index >= 15 is 0 Å². The van der Waals surface area contributed by atoms with Crippen molar-refractivity contribution in [1.82, 2.24) is 5.32 Å². The monoisotopic (exact) mass is 348 g/mol. The molecule has 2 amide bonds. The van der Waals surface area contributed by atoms with Gasteiger partial charge in [-0.25, -0.2) is 4.79 Å². The number of hydrogen-bond donors (Lipinski definition) is 2. The van der Waals surface area contributed by atoms with Gasteiger partial charge in [-0.3, -0.25) is 4.90 Å². The number of phenolic OH excluding ortho intramolecular Hbond substituents is 1. The molecule has 5 heteroatoms. The summed E-state index contributed by atoms with van der Waals surface area (Å²) in [6.07, 6.45) is 0.760. The standard InChI is InChI=1S/C16H17BrN2O2/c1-19(13-6-8-14(20)9-7-13)16(21)18-11-10-12-4-2-3-5-15(12)17/h2-9,20H,10-11H2,1H3,(H,18,21). The first kappa shape index (κ1) is 15.4. The van der Waals surface area contributed by atoms with Crippen molar-refractivity contribution < 1.29 is 9.90 Å². The molecular formula is C16H17BrN2O2. The molecule has 0 saturated heterocycles. The minimum Gasteiger partial charge on any atom is -0.508 e. The van der Waals surface area contributed by atoms with E-state index in [-0.39, 0.29) is 11.8 Å². The van der Waals surface area contributed by atoms with Gasteiger partial charge in [-0.1, -0.05) is 34.1 Å². The van der Waals surface area contributed by atoms with E-state index in [1.807, 2.05) is 24.3 Å². The van der Waals surface area contributed by atoms with Crippen molar-refractivity contribution in [3.05, 3.63) is 58.6 Å². The van der Waals surface area contributed by atoms with Crippen molar-refractivity contribution in [3.8, 4) is 5.75 Å². The van der Waals surface area contributed by atoms with Crippen molar-refractivity contribution in [1.29, 1.82) is 0 Å². The van der Waals surface area contributed by atoms with Crippen molar-refractivity contribution in [2.24, 2.45) is 0 Å². The normalized spacial score (nSPS) is 10.2. The van der Waals surface area contributed by atoms with Crippen LogP contribution in [0, 0.1) is 0 Å². The lowest BCUT2D eigenvalue weighted by atomic mass is 10.1. The third kappa shape index (κ3) is 4.23. The van der Waals surface area contributed by atoms with Gasteiger partial charge in [0.25, 0.3) is 0 Å². The Kier molecular flexibility index (Phi) is 5.22. The maximum atomic E-state index is 12.0. The molecule has 0 atom stereocenters. The number of aromatic hydroxyl groups is 1. The largest absolute Gasteiger partial charge is 0.508 e. The van der Waals surface area contributed by atoms with Crippen LogP contribution in [0.2, 0.25) is 0 Å². The predicted octanol–water partition coefficient (Wildman–Crippen LogP) is 3.54. The minimum absolute atomic E-state index is 0.173. The lowest BCUT2D eigenvalue weighted by Gasteiger charge is -2.18. The van der Waals surface area contributed by atoms with Crippen LogP contribution in [-0.2, 0) is 6.42 Å². The second kappa shape index (κ2) is 7.13. The van der Waals surface area contributed by atoms with E-state index in [1.165, 1.54) is 4.90 Å². The third-order valence-corrected chi connectivity index (χ3v) is 3.94. The lowest BCUT2D eigenvalue weighted by molar-refractivity contribution is 0.247. The molecule has 0 spiro atoms. The Morgan fingerprint density at radius 1 is 1.19 bits per heavy atom. The van der Waals surface area contributed by atoms with E-state index < -0.39 is 0 Å². The molecule has 0 aliphatic rings. The van der Waals surface area contributed by atoms with Crippen molar-refractivity contribution >= 4 is 27.6 Å². The molecule has 0 aliphatic heterocycles. The number of rotatable bonds is 4. The molecule has 0 unspecified atom stereocenters. The zero-order valence-electron chi connectivity index (χ0n) is 11.7. The fraction of sp³-hybridized carbons (Fsp3) is 0.188. The molecule has 0 bridgehead atoms. The number of carbonyl (C=O) groups is 1. The molecule has 4 nitrogen and oxygen atoms in total. The number of halogens is 1. The summed E-state index contributed by atoms with van der Waals surface area (Å²) in [7, 11) is 1.69. The number of nitrogens with zero attached hydrogens (tertiary/aromatic N) is 1. The van der Waals surface area contributed by atoms with E-state index in [0.29, 0.717) is 6.54 Å². The number of nitrogens with one attached hydrogen (secondary N) is 1. The van der Waals surface area contributed by atoms with Crippen LogP contribution in [0.5, 0.6) is 5.75 Å². The summed E-state index contributed by atoms with van der Waals surface area (Å²) in [5.74, 6) is 0.182. The highest BCUT2D eigenvalue weighted by atomic mass is 79.9. The summed E-state index contributed by atoms with van der Waals surface area (Å²) >= 11 is 3.49. The van der Waals surface area contributed by atoms with Crippen LogP contribution in [0.1, 0.15) is 5.56 Å². The van der Waals surface area contributed by atoms with Crippen LogP contribution in [0.15, 0.2) is 53.0 Å². The first-order chi connectivity index (χ1) is 10.1. The number of anilines is 1. The zero-order valence-corrected chi connectivity index (χ0v) is 13.3. The van der Waals surface area contributed by atoms with Gasteiger partial charge in [-0.2, -0.15) is 0 Å². The quantitative estimate of drug-likeness (QED) is 0.887. The number of amides is 2. The lowest BCUT2D eigenvalue weighted by Crippen LogP contribution is -2.38. The van der Waals surface area contributed by atoms with Gasteiger partial charge in [0.1, 0.15) is 5.75 Å². The van der Waals surface area contributed by atoms with Crippen LogP contribution < -0.4 is 10.2 Å². The summed E-state index contributed by atoms with van der Waals surface area (Å²) < 4.78 is 1.05. The summed E-state index contributed by atoms with van der Waals surface area (Å²) in [6, 6.07) is 14.3. The van der Waals surface area contributed by atoms with E-state index in [9.17, 15) is 9.90 Å². The van der Waals surface area contributed by atoms with Gasteiger partial charge in [0.05, 0.1) is 0 Å². The van der Waals surface area contributed by atoms with Crippen LogP contribution in [0.4, 0.5) is 10.5 Å². The van der Waals surface area contributed by atoms with Crippen LogP contribution in [0.3, 0.4) is 0 Å². The number of hydrogen-bond acceptors (Lipinski definition) is 2. The van der Waals surface area contributed by atoms with Gasteiger partial charge >= 0.3 is 6.03 Å². The molecule has 0 aliphatic carbocycles. The maximum Gasteiger partial charge on any atom is 0.321 e. The highest BCUT2D eigenvalue weighted by molar-refractivity contribution is 9.10. The average molecular weight is 349 g/mol. The number of phenols is 1.